The lowest BCUT2D eigenvalue weighted by Gasteiger charge is -2.30. The number of benzene rings is 1. The monoisotopic (exact) mass is 296 g/mol. The maximum Gasteiger partial charge on any atom is 0.142 e. The molecule has 1 aliphatic rings. The van der Waals surface area contributed by atoms with E-state index in [9.17, 15) is 4.39 Å². The molecular weight excluding hydrogens is 271 g/mol. The van der Waals surface area contributed by atoms with Gasteiger partial charge in [-0.05, 0) is 18.1 Å². The number of anilines is 1. The van der Waals surface area contributed by atoms with Crippen LogP contribution in [-0.4, -0.2) is 46.0 Å². The molecule has 0 spiro atoms. The number of nitrogens with zero attached hydrogens (tertiary/aromatic N) is 1. The van der Waals surface area contributed by atoms with Gasteiger partial charge < -0.3 is 19.7 Å². The van der Waals surface area contributed by atoms with Gasteiger partial charge >= 0.3 is 0 Å². The highest BCUT2D eigenvalue weighted by atomic mass is 19.1. The van der Waals surface area contributed by atoms with Gasteiger partial charge in [0, 0.05) is 38.9 Å². The predicted octanol–water partition coefficient (Wildman–Crippen LogP) is 2.29. The summed E-state index contributed by atoms with van der Waals surface area (Å²) in [6, 6.07) is 4.70. The molecule has 0 aliphatic carbocycles. The normalized spacial score (nSPS) is 15.5. The molecule has 118 valence electrons. The van der Waals surface area contributed by atoms with E-state index in [4.69, 9.17) is 9.47 Å². The minimum atomic E-state index is -0.230. The van der Waals surface area contributed by atoms with Crippen molar-refractivity contribution in [3.8, 4) is 5.75 Å². The van der Waals surface area contributed by atoms with Gasteiger partial charge in [-0.2, -0.15) is 0 Å². The first kappa shape index (κ1) is 16.0. The van der Waals surface area contributed by atoms with E-state index in [1.54, 1.807) is 12.1 Å². The number of nitrogens with one attached hydrogen (secondary N) is 1. The van der Waals surface area contributed by atoms with E-state index in [0.29, 0.717) is 19.1 Å². The molecule has 0 aromatic heterocycles. The molecular formula is C16H25FN2O2. The summed E-state index contributed by atoms with van der Waals surface area (Å²) in [6.45, 7) is 9.55. The average molecular weight is 296 g/mol. The van der Waals surface area contributed by atoms with Gasteiger partial charge in [0.25, 0.3) is 0 Å². The third-order valence-electron chi connectivity index (χ3n) is 3.32. The van der Waals surface area contributed by atoms with Crippen molar-refractivity contribution in [1.29, 1.82) is 0 Å². The zero-order valence-electron chi connectivity index (χ0n) is 12.9. The van der Waals surface area contributed by atoms with Gasteiger partial charge in [-0.3, -0.25) is 0 Å². The highest BCUT2D eigenvalue weighted by Gasteiger charge is 2.16. The third-order valence-corrected chi connectivity index (χ3v) is 3.32. The van der Waals surface area contributed by atoms with Crippen LogP contribution in [-0.2, 0) is 4.74 Å². The quantitative estimate of drug-likeness (QED) is 0.783. The molecule has 1 heterocycles. The summed E-state index contributed by atoms with van der Waals surface area (Å²) in [5.41, 5.74) is 0.834. The summed E-state index contributed by atoms with van der Waals surface area (Å²) in [7, 11) is 0. The second-order valence-corrected chi connectivity index (χ2v) is 5.67. The lowest BCUT2D eigenvalue weighted by Crippen LogP contribution is -2.43. The summed E-state index contributed by atoms with van der Waals surface area (Å²) >= 11 is 0. The SMILES string of the molecule is CC(C)COCCOc1ccc(F)cc1N1CCNCC1. The zero-order valence-corrected chi connectivity index (χ0v) is 12.9. The van der Waals surface area contributed by atoms with Crippen LogP contribution in [0.4, 0.5) is 10.1 Å². The van der Waals surface area contributed by atoms with Crippen LogP contribution in [0, 0.1) is 11.7 Å². The molecule has 1 fully saturated rings. The summed E-state index contributed by atoms with van der Waals surface area (Å²) in [6.07, 6.45) is 0. The number of hydrogen-bond acceptors (Lipinski definition) is 4. The predicted molar refractivity (Wildman–Crippen MR) is 82.6 cm³/mol. The van der Waals surface area contributed by atoms with Gasteiger partial charge in [-0.25, -0.2) is 4.39 Å². The molecule has 1 saturated heterocycles. The maximum atomic E-state index is 13.5. The topological polar surface area (TPSA) is 33.7 Å². The van der Waals surface area contributed by atoms with Crippen molar-refractivity contribution in [2.24, 2.45) is 5.92 Å². The van der Waals surface area contributed by atoms with E-state index in [0.717, 1.165) is 44.2 Å². The highest BCUT2D eigenvalue weighted by molar-refractivity contribution is 5.59. The summed E-state index contributed by atoms with van der Waals surface area (Å²) in [5, 5.41) is 3.29. The molecule has 0 radical (unpaired) electrons. The van der Waals surface area contributed by atoms with Gasteiger partial charge in [0.05, 0.1) is 12.3 Å². The maximum absolute atomic E-state index is 13.5. The highest BCUT2D eigenvalue weighted by Crippen LogP contribution is 2.29. The molecule has 1 aromatic rings. The van der Waals surface area contributed by atoms with Crippen LogP contribution < -0.4 is 15.0 Å². The van der Waals surface area contributed by atoms with E-state index in [-0.39, 0.29) is 5.82 Å². The smallest absolute Gasteiger partial charge is 0.142 e. The number of halogens is 1. The van der Waals surface area contributed by atoms with Crippen molar-refractivity contribution >= 4 is 5.69 Å². The first-order chi connectivity index (χ1) is 10.2. The van der Waals surface area contributed by atoms with E-state index in [1.165, 1.54) is 6.07 Å². The fourth-order valence-corrected chi connectivity index (χ4v) is 2.30. The molecule has 1 N–H and O–H groups in total. The summed E-state index contributed by atoms with van der Waals surface area (Å²) in [5.74, 6) is 1.02. The van der Waals surface area contributed by atoms with Crippen LogP contribution in [0.1, 0.15) is 13.8 Å². The molecule has 0 amide bonds. The van der Waals surface area contributed by atoms with Crippen molar-refractivity contribution in [1.82, 2.24) is 5.32 Å². The molecule has 1 aliphatic heterocycles. The van der Waals surface area contributed by atoms with Crippen LogP contribution in [0.2, 0.25) is 0 Å². The molecule has 2 rings (SSSR count). The molecule has 21 heavy (non-hydrogen) atoms. The van der Waals surface area contributed by atoms with Gasteiger partial charge in [0.2, 0.25) is 0 Å². The van der Waals surface area contributed by atoms with Crippen molar-refractivity contribution in [2.45, 2.75) is 13.8 Å². The number of hydrogen-bond donors (Lipinski definition) is 1. The minimum Gasteiger partial charge on any atom is -0.489 e. The van der Waals surface area contributed by atoms with Gasteiger partial charge in [0.1, 0.15) is 18.2 Å². The largest absolute Gasteiger partial charge is 0.489 e. The standard InChI is InChI=1S/C16H25FN2O2/c1-13(2)12-20-9-10-21-16-4-3-14(17)11-15(16)19-7-5-18-6-8-19/h3-4,11,13,18H,5-10,12H2,1-2H3. The Kier molecular flexibility index (Phi) is 6.26. The van der Waals surface area contributed by atoms with Crippen molar-refractivity contribution in [2.75, 3.05) is 50.9 Å². The third kappa shape index (κ3) is 5.17. The molecule has 1 aromatic carbocycles. The van der Waals surface area contributed by atoms with Crippen LogP contribution in [0.25, 0.3) is 0 Å². The number of piperazine rings is 1. The van der Waals surface area contributed by atoms with Crippen LogP contribution in [0.3, 0.4) is 0 Å². The van der Waals surface area contributed by atoms with Crippen LogP contribution in [0.15, 0.2) is 18.2 Å². The molecule has 5 heteroatoms. The van der Waals surface area contributed by atoms with Gasteiger partial charge in [0.15, 0.2) is 0 Å². The first-order valence-corrected chi connectivity index (χ1v) is 7.62. The van der Waals surface area contributed by atoms with Gasteiger partial charge in [-0.15, -0.1) is 0 Å². The Morgan fingerprint density at radius 1 is 1.24 bits per heavy atom. The molecule has 0 unspecified atom stereocenters. The Hall–Kier alpha value is -1.33. The lowest BCUT2D eigenvalue weighted by atomic mass is 10.2. The Labute approximate surface area is 126 Å². The Morgan fingerprint density at radius 3 is 2.71 bits per heavy atom. The minimum absolute atomic E-state index is 0.230. The Balaban J connectivity index is 1.91. The second-order valence-electron chi connectivity index (χ2n) is 5.67. The van der Waals surface area contributed by atoms with E-state index < -0.39 is 0 Å². The second kappa shape index (κ2) is 8.20. The molecule has 4 nitrogen and oxygen atoms in total. The van der Waals surface area contributed by atoms with E-state index in [1.807, 2.05) is 0 Å². The fourth-order valence-electron chi connectivity index (χ4n) is 2.30. The molecule has 0 saturated carbocycles. The van der Waals surface area contributed by atoms with Crippen molar-refractivity contribution in [3.05, 3.63) is 24.0 Å². The van der Waals surface area contributed by atoms with Crippen LogP contribution >= 0.6 is 0 Å². The number of ether oxygens (including phenoxy) is 2. The Bertz CT molecular complexity index is 434. The average Bonchev–Trinajstić information content (AvgIpc) is 2.49. The van der Waals surface area contributed by atoms with E-state index >= 15 is 0 Å². The molecule has 0 atom stereocenters. The molecule has 0 bridgehead atoms. The van der Waals surface area contributed by atoms with Crippen molar-refractivity contribution < 1.29 is 13.9 Å². The van der Waals surface area contributed by atoms with E-state index in [2.05, 4.69) is 24.1 Å². The fraction of sp³-hybridized carbons (Fsp3) is 0.625. The first-order valence-electron chi connectivity index (χ1n) is 7.62. The Morgan fingerprint density at radius 2 is 2.00 bits per heavy atom. The summed E-state index contributed by atoms with van der Waals surface area (Å²) < 4.78 is 24.8. The van der Waals surface area contributed by atoms with Crippen LogP contribution in [0.5, 0.6) is 5.75 Å². The van der Waals surface area contributed by atoms with Gasteiger partial charge in [-0.1, -0.05) is 13.8 Å². The number of rotatable bonds is 7. The summed E-state index contributed by atoms with van der Waals surface area (Å²) in [4.78, 5) is 2.16. The lowest BCUT2D eigenvalue weighted by molar-refractivity contribution is 0.0820. The van der Waals surface area contributed by atoms with Crippen molar-refractivity contribution in [3.63, 3.8) is 0 Å². The zero-order chi connectivity index (χ0) is 15.1.